The van der Waals surface area contributed by atoms with Gasteiger partial charge in [0.1, 0.15) is 5.69 Å². The summed E-state index contributed by atoms with van der Waals surface area (Å²) < 4.78 is 0. The maximum atomic E-state index is 10.9. The minimum absolute atomic E-state index is 0.298. The molecular weight excluding hydrogens is 240 g/mol. The quantitative estimate of drug-likeness (QED) is 0.783. The normalized spacial score (nSPS) is 17.4. The van der Waals surface area contributed by atoms with Gasteiger partial charge in [-0.1, -0.05) is 30.3 Å². The van der Waals surface area contributed by atoms with Crippen LogP contribution < -0.4 is 5.32 Å². The van der Waals surface area contributed by atoms with Crippen molar-refractivity contribution in [3.63, 3.8) is 0 Å². The molecule has 0 saturated carbocycles. The van der Waals surface area contributed by atoms with E-state index in [9.17, 15) is 4.79 Å². The Labute approximate surface area is 111 Å². The molecule has 0 radical (unpaired) electrons. The summed E-state index contributed by atoms with van der Waals surface area (Å²) in [7, 11) is 0. The lowest BCUT2D eigenvalue weighted by molar-refractivity contribution is 0.0691. The smallest absolute Gasteiger partial charge is 0.352 e. The van der Waals surface area contributed by atoms with Crippen LogP contribution in [0.3, 0.4) is 0 Å². The number of rotatable bonds is 4. The average Bonchev–Trinajstić information content (AvgIpc) is 2.95. The van der Waals surface area contributed by atoms with E-state index in [-0.39, 0.29) is 0 Å². The Morgan fingerprint density at radius 3 is 2.79 bits per heavy atom. The molecule has 0 amide bonds. The molecule has 2 aromatic rings. The first-order valence-electron chi connectivity index (χ1n) is 6.44. The van der Waals surface area contributed by atoms with Crippen molar-refractivity contribution in [2.75, 3.05) is 0 Å². The number of aromatic nitrogens is 1. The van der Waals surface area contributed by atoms with Gasteiger partial charge in [-0.15, -0.1) is 0 Å². The minimum Gasteiger partial charge on any atom is -0.477 e. The van der Waals surface area contributed by atoms with Crippen molar-refractivity contribution in [1.29, 1.82) is 0 Å². The van der Waals surface area contributed by atoms with E-state index in [0.717, 1.165) is 30.6 Å². The molecule has 0 aliphatic heterocycles. The van der Waals surface area contributed by atoms with Gasteiger partial charge in [-0.05, 0) is 23.6 Å². The summed E-state index contributed by atoms with van der Waals surface area (Å²) in [5, 5.41) is 12.4. The van der Waals surface area contributed by atoms with Gasteiger partial charge in [-0.3, -0.25) is 0 Å². The van der Waals surface area contributed by atoms with Gasteiger partial charge in [0.15, 0.2) is 0 Å². The first-order chi connectivity index (χ1) is 9.22. The minimum atomic E-state index is -0.886. The van der Waals surface area contributed by atoms with Crippen molar-refractivity contribution >= 4 is 5.97 Å². The van der Waals surface area contributed by atoms with Crippen LogP contribution in [0.25, 0.3) is 0 Å². The Kier molecular flexibility index (Phi) is 3.09. The molecule has 1 aromatic carbocycles. The first kappa shape index (κ1) is 12.0. The van der Waals surface area contributed by atoms with Crippen LogP contribution in [-0.4, -0.2) is 22.1 Å². The van der Waals surface area contributed by atoms with Gasteiger partial charge in [0, 0.05) is 24.7 Å². The first-order valence-corrected chi connectivity index (χ1v) is 6.44. The van der Waals surface area contributed by atoms with E-state index in [2.05, 4.69) is 22.4 Å². The van der Waals surface area contributed by atoms with Crippen molar-refractivity contribution < 1.29 is 9.90 Å². The molecule has 0 saturated heterocycles. The van der Waals surface area contributed by atoms with Gasteiger partial charge >= 0.3 is 5.97 Å². The highest BCUT2D eigenvalue weighted by molar-refractivity contribution is 5.86. The molecular formula is C15H16N2O2. The highest BCUT2D eigenvalue weighted by atomic mass is 16.4. The summed E-state index contributed by atoms with van der Waals surface area (Å²) in [5.41, 5.74) is 3.75. The third-order valence-electron chi connectivity index (χ3n) is 3.58. The molecule has 1 aliphatic rings. The topological polar surface area (TPSA) is 65.1 Å². The third-order valence-corrected chi connectivity index (χ3v) is 3.58. The van der Waals surface area contributed by atoms with Gasteiger partial charge in [-0.25, -0.2) is 4.79 Å². The van der Waals surface area contributed by atoms with Gasteiger partial charge < -0.3 is 15.4 Å². The molecule has 1 unspecified atom stereocenters. The number of benzene rings is 1. The number of H-pyrrole nitrogens is 1. The maximum absolute atomic E-state index is 10.9. The summed E-state index contributed by atoms with van der Waals surface area (Å²) in [6.45, 7) is 0.849. The summed E-state index contributed by atoms with van der Waals surface area (Å²) in [5.74, 6) is -0.886. The van der Waals surface area contributed by atoms with E-state index in [0.29, 0.717) is 11.7 Å². The van der Waals surface area contributed by atoms with Crippen molar-refractivity contribution in [3.05, 3.63) is 58.9 Å². The molecule has 3 rings (SSSR count). The summed E-state index contributed by atoms with van der Waals surface area (Å²) in [4.78, 5) is 13.8. The second-order valence-electron chi connectivity index (χ2n) is 4.96. The van der Waals surface area contributed by atoms with E-state index in [1.54, 1.807) is 6.07 Å². The number of fused-ring (bicyclic) bond motifs is 1. The van der Waals surface area contributed by atoms with Gasteiger partial charge in [0.2, 0.25) is 0 Å². The van der Waals surface area contributed by atoms with E-state index < -0.39 is 5.97 Å². The van der Waals surface area contributed by atoms with Crippen molar-refractivity contribution in [3.8, 4) is 0 Å². The molecule has 1 heterocycles. The highest BCUT2D eigenvalue weighted by Gasteiger charge is 2.24. The number of nitrogens with one attached hydrogen (secondary N) is 2. The van der Waals surface area contributed by atoms with Gasteiger partial charge in [-0.2, -0.15) is 0 Å². The molecule has 1 aliphatic carbocycles. The molecule has 0 bridgehead atoms. The zero-order chi connectivity index (χ0) is 13.2. The lowest BCUT2D eigenvalue weighted by Crippen LogP contribution is -2.29. The molecule has 98 valence electrons. The van der Waals surface area contributed by atoms with Crippen LogP contribution in [0.15, 0.2) is 36.4 Å². The molecule has 0 fully saturated rings. The number of carboxylic acid groups (broad SMARTS) is 1. The van der Waals surface area contributed by atoms with E-state index >= 15 is 0 Å². The summed E-state index contributed by atoms with van der Waals surface area (Å²) in [6.07, 6.45) is 1.77. The predicted molar refractivity (Wildman–Crippen MR) is 72.2 cm³/mol. The number of hydrogen-bond donors (Lipinski definition) is 3. The number of hydrogen-bond acceptors (Lipinski definition) is 2. The van der Waals surface area contributed by atoms with Crippen molar-refractivity contribution in [2.24, 2.45) is 0 Å². The largest absolute Gasteiger partial charge is 0.477 e. The Morgan fingerprint density at radius 1 is 1.32 bits per heavy atom. The monoisotopic (exact) mass is 256 g/mol. The second kappa shape index (κ2) is 4.90. The van der Waals surface area contributed by atoms with Crippen LogP contribution in [0.5, 0.6) is 0 Å². The average molecular weight is 256 g/mol. The Balaban J connectivity index is 1.59. The molecule has 4 nitrogen and oxygen atoms in total. The molecule has 19 heavy (non-hydrogen) atoms. The Bertz CT molecular complexity index is 566. The zero-order valence-corrected chi connectivity index (χ0v) is 10.5. The number of carboxylic acids is 1. The lowest BCUT2D eigenvalue weighted by atomic mass is 10.1. The van der Waals surface area contributed by atoms with E-state index in [4.69, 9.17) is 5.11 Å². The Hall–Kier alpha value is -2.07. The molecule has 1 atom stereocenters. The Morgan fingerprint density at radius 2 is 2.11 bits per heavy atom. The SMILES string of the molecule is O=C(O)c1cc2c([nH]1)CC(NCc1ccccc1)C2. The standard InChI is InChI=1S/C15H16N2O2/c18-15(19)14-7-11-6-12(8-13(11)17-14)16-9-10-4-2-1-3-5-10/h1-5,7,12,16-17H,6,8-9H2,(H,18,19). The highest BCUT2D eigenvalue weighted by Crippen LogP contribution is 2.23. The fraction of sp³-hybridized carbons (Fsp3) is 0.267. The van der Waals surface area contributed by atoms with Crippen molar-refractivity contribution in [2.45, 2.75) is 25.4 Å². The fourth-order valence-electron chi connectivity index (χ4n) is 2.61. The third kappa shape index (κ3) is 2.53. The van der Waals surface area contributed by atoms with E-state index in [1.165, 1.54) is 5.56 Å². The molecule has 3 N–H and O–H groups in total. The summed E-state index contributed by atoms with van der Waals surface area (Å²) >= 11 is 0. The predicted octanol–water partition coefficient (Wildman–Crippen LogP) is 1.97. The van der Waals surface area contributed by atoms with Crippen LogP contribution in [-0.2, 0) is 19.4 Å². The van der Waals surface area contributed by atoms with Gasteiger partial charge in [0.25, 0.3) is 0 Å². The number of carbonyl (C=O) groups is 1. The fourth-order valence-corrected chi connectivity index (χ4v) is 2.61. The van der Waals surface area contributed by atoms with Crippen LogP contribution in [0, 0.1) is 0 Å². The van der Waals surface area contributed by atoms with Crippen LogP contribution in [0.1, 0.15) is 27.3 Å². The van der Waals surface area contributed by atoms with E-state index in [1.807, 2.05) is 18.2 Å². The molecule has 4 heteroatoms. The lowest BCUT2D eigenvalue weighted by Gasteiger charge is -2.12. The van der Waals surface area contributed by atoms with Crippen LogP contribution in [0.4, 0.5) is 0 Å². The molecule has 0 spiro atoms. The van der Waals surface area contributed by atoms with Gasteiger partial charge in [0.05, 0.1) is 0 Å². The van der Waals surface area contributed by atoms with Crippen LogP contribution in [0.2, 0.25) is 0 Å². The molecule has 1 aromatic heterocycles. The maximum Gasteiger partial charge on any atom is 0.352 e. The number of aromatic carboxylic acids is 1. The zero-order valence-electron chi connectivity index (χ0n) is 10.5. The van der Waals surface area contributed by atoms with Crippen LogP contribution >= 0.6 is 0 Å². The van der Waals surface area contributed by atoms with Crippen molar-refractivity contribution in [1.82, 2.24) is 10.3 Å². The number of aromatic amines is 1. The summed E-state index contributed by atoms with van der Waals surface area (Å²) in [6, 6.07) is 12.4. The second-order valence-corrected chi connectivity index (χ2v) is 4.96.